The summed E-state index contributed by atoms with van der Waals surface area (Å²) in [6, 6.07) is 0.132. The number of rotatable bonds is 0. The average molecular weight is 222 g/mol. The van der Waals surface area contributed by atoms with Crippen LogP contribution in [0, 0.1) is 0 Å². The monoisotopic (exact) mass is 221 g/mol. The third-order valence-corrected chi connectivity index (χ3v) is 3.50. The lowest BCUT2D eigenvalue weighted by molar-refractivity contribution is -0.00412. The Bertz CT molecular complexity index is 252. The number of hydrazone groups is 1. The first-order valence-electron chi connectivity index (χ1n) is 4.43. The molecule has 0 radical (unpaired) electrons. The fourth-order valence-electron chi connectivity index (χ4n) is 1.77. The third-order valence-electron chi connectivity index (χ3n) is 2.65. The van der Waals surface area contributed by atoms with Gasteiger partial charge < -0.3 is 5.32 Å². The summed E-state index contributed by atoms with van der Waals surface area (Å²) >= 11 is 12.4. The standard InChI is InChI=1S/C8H13Cl2N3/c1-5-3-4-11-6-7(9)13(12-5)8(6,2)10/h6-7,11H,3-4H2,1-2H3/b12-5+/t6-,7?,8?/m1/s1. The van der Waals surface area contributed by atoms with Crippen LogP contribution in [0.2, 0.25) is 0 Å². The van der Waals surface area contributed by atoms with Gasteiger partial charge >= 0.3 is 0 Å². The number of nitrogens with one attached hydrogen (secondary N) is 1. The van der Waals surface area contributed by atoms with Crippen molar-refractivity contribution in [2.45, 2.75) is 36.8 Å². The van der Waals surface area contributed by atoms with Crippen LogP contribution >= 0.6 is 23.2 Å². The van der Waals surface area contributed by atoms with Gasteiger partial charge in [0.15, 0.2) is 0 Å². The zero-order chi connectivity index (χ0) is 9.64. The first kappa shape index (κ1) is 9.56. The lowest BCUT2D eigenvalue weighted by atomic mass is 9.98. The van der Waals surface area contributed by atoms with Gasteiger partial charge in [-0.3, -0.25) is 5.01 Å². The number of halogens is 2. The Morgan fingerprint density at radius 1 is 1.69 bits per heavy atom. The SMILES string of the molecule is C/C1=N\N2C(Cl)[C@@H](NCC1)C2(C)Cl. The van der Waals surface area contributed by atoms with E-state index in [0.29, 0.717) is 0 Å². The topological polar surface area (TPSA) is 27.6 Å². The smallest absolute Gasteiger partial charge is 0.148 e. The molecule has 3 nitrogen and oxygen atoms in total. The molecule has 5 heteroatoms. The summed E-state index contributed by atoms with van der Waals surface area (Å²) in [7, 11) is 0. The van der Waals surface area contributed by atoms with E-state index < -0.39 is 5.00 Å². The van der Waals surface area contributed by atoms with Crippen LogP contribution in [0.5, 0.6) is 0 Å². The molecule has 0 amide bonds. The van der Waals surface area contributed by atoms with Gasteiger partial charge in [0, 0.05) is 12.3 Å². The zero-order valence-electron chi connectivity index (χ0n) is 7.72. The van der Waals surface area contributed by atoms with E-state index in [1.165, 1.54) is 0 Å². The van der Waals surface area contributed by atoms with Gasteiger partial charge in [-0.15, -0.1) is 0 Å². The molecule has 1 N–H and O–H groups in total. The summed E-state index contributed by atoms with van der Waals surface area (Å²) in [5, 5.41) is 9.48. The highest BCUT2D eigenvalue weighted by Crippen LogP contribution is 2.43. The zero-order valence-corrected chi connectivity index (χ0v) is 9.23. The van der Waals surface area contributed by atoms with E-state index in [1.807, 2.05) is 13.8 Å². The van der Waals surface area contributed by atoms with Crippen molar-refractivity contribution >= 4 is 28.9 Å². The molecule has 3 heterocycles. The Morgan fingerprint density at radius 3 is 3.00 bits per heavy atom. The lowest BCUT2D eigenvalue weighted by Gasteiger charge is -2.56. The molecule has 0 saturated carbocycles. The van der Waals surface area contributed by atoms with Gasteiger partial charge in [0.05, 0.1) is 6.04 Å². The van der Waals surface area contributed by atoms with Gasteiger partial charge in [-0.05, 0) is 20.3 Å². The number of alkyl halides is 2. The largest absolute Gasteiger partial charge is 0.307 e. The molecule has 0 aromatic rings. The van der Waals surface area contributed by atoms with E-state index in [-0.39, 0.29) is 11.5 Å². The molecule has 1 fully saturated rings. The molecular formula is C8H13Cl2N3. The molecule has 13 heavy (non-hydrogen) atoms. The number of nitrogens with zero attached hydrogens (tertiary/aromatic N) is 2. The normalized spacial score (nSPS) is 48.6. The molecule has 2 bridgehead atoms. The van der Waals surface area contributed by atoms with Crippen molar-refractivity contribution in [3.05, 3.63) is 0 Å². The minimum absolute atomic E-state index is 0.113. The van der Waals surface area contributed by atoms with E-state index in [2.05, 4.69) is 10.4 Å². The summed E-state index contributed by atoms with van der Waals surface area (Å²) in [6.07, 6.45) is 0.962. The maximum atomic E-state index is 6.28. The van der Waals surface area contributed by atoms with Gasteiger partial charge in [-0.2, -0.15) is 5.10 Å². The minimum atomic E-state index is -0.464. The molecule has 0 aliphatic carbocycles. The number of fused-ring (bicyclic) bond motifs is 3. The number of hydrogen-bond donors (Lipinski definition) is 1. The van der Waals surface area contributed by atoms with Crippen molar-refractivity contribution in [1.82, 2.24) is 10.3 Å². The van der Waals surface area contributed by atoms with Crippen molar-refractivity contribution in [3.63, 3.8) is 0 Å². The first-order valence-corrected chi connectivity index (χ1v) is 5.24. The summed E-state index contributed by atoms with van der Waals surface area (Å²) in [6.45, 7) is 4.84. The van der Waals surface area contributed by atoms with Crippen LogP contribution in [-0.2, 0) is 0 Å². The van der Waals surface area contributed by atoms with E-state index in [1.54, 1.807) is 5.01 Å². The van der Waals surface area contributed by atoms with Crippen LogP contribution in [0.15, 0.2) is 5.10 Å². The van der Waals surface area contributed by atoms with Gasteiger partial charge in [-0.25, -0.2) is 0 Å². The van der Waals surface area contributed by atoms with Gasteiger partial charge in [0.25, 0.3) is 0 Å². The van der Waals surface area contributed by atoms with Crippen molar-refractivity contribution in [2.24, 2.45) is 5.10 Å². The highest BCUT2D eigenvalue weighted by molar-refractivity contribution is 6.29. The minimum Gasteiger partial charge on any atom is -0.307 e. The maximum Gasteiger partial charge on any atom is 0.148 e. The molecule has 74 valence electrons. The molecule has 2 unspecified atom stereocenters. The lowest BCUT2D eigenvalue weighted by Crippen LogP contribution is -2.74. The molecule has 3 atom stereocenters. The van der Waals surface area contributed by atoms with Gasteiger partial charge in [-0.1, -0.05) is 23.2 Å². The Labute approximate surface area is 88.1 Å². The third kappa shape index (κ3) is 1.34. The highest BCUT2D eigenvalue weighted by Gasteiger charge is 2.56. The molecule has 3 rings (SSSR count). The second-order valence-corrected chi connectivity index (χ2v) is 4.97. The van der Waals surface area contributed by atoms with E-state index in [9.17, 15) is 0 Å². The quantitative estimate of drug-likeness (QED) is 0.497. The summed E-state index contributed by atoms with van der Waals surface area (Å²) in [5.74, 6) is 0. The Kier molecular flexibility index (Phi) is 2.21. The van der Waals surface area contributed by atoms with Gasteiger partial charge in [0.1, 0.15) is 10.5 Å². The van der Waals surface area contributed by atoms with Crippen LogP contribution in [0.1, 0.15) is 20.3 Å². The fraction of sp³-hybridized carbons (Fsp3) is 0.875. The van der Waals surface area contributed by atoms with E-state index >= 15 is 0 Å². The predicted molar refractivity (Wildman–Crippen MR) is 55.3 cm³/mol. The summed E-state index contributed by atoms with van der Waals surface area (Å²) in [5.41, 5.74) is 0.959. The van der Waals surface area contributed by atoms with Crippen molar-refractivity contribution in [3.8, 4) is 0 Å². The van der Waals surface area contributed by atoms with E-state index in [4.69, 9.17) is 23.2 Å². The second kappa shape index (κ2) is 3.01. The van der Waals surface area contributed by atoms with Crippen LogP contribution < -0.4 is 5.32 Å². The van der Waals surface area contributed by atoms with E-state index in [0.717, 1.165) is 18.7 Å². The second-order valence-electron chi connectivity index (χ2n) is 3.76. The highest BCUT2D eigenvalue weighted by atomic mass is 35.5. The molecular weight excluding hydrogens is 209 g/mol. The van der Waals surface area contributed by atoms with Crippen molar-refractivity contribution in [1.29, 1.82) is 0 Å². The summed E-state index contributed by atoms with van der Waals surface area (Å²) < 4.78 is 0. The van der Waals surface area contributed by atoms with Crippen LogP contribution in [0.25, 0.3) is 0 Å². The molecule has 0 aromatic carbocycles. The molecule has 1 saturated heterocycles. The summed E-state index contributed by atoms with van der Waals surface area (Å²) in [4.78, 5) is -0.464. The Hall–Kier alpha value is 0.01000. The fourth-order valence-corrected chi connectivity index (χ4v) is 2.81. The number of hydrogen-bond acceptors (Lipinski definition) is 3. The van der Waals surface area contributed by atoms with Crippen molar-refractivity contribution < 1.29 is 0 Å². The molecule has 0 aromatic heterocycles. The Balaban J connectivity index is 2.27. The molecule has 0 spiro atoms. The maximum absolute atomic E-state index is 6.28. The Morgan fingerprint density at radius 2 is 2.38 bits per heavy atom. The van der Waals surface area contributed by atoms with Crippen LogP contribution in [0.3, 0.4) is 0 Å². The predicted octanol–water partition coefficient (Wildman–Crippen LogP) is 1.56. The average Bonchev–Trinajstić information content (AvgIpc) is 2.04. The molecule has 3 aliphatic rings. The van der Waals surface area contributed by atoms with Crippen LogP contribution in [-0.4, -0.2) is 33.8 Å². The van der Waals surface area contributed by atoms with Gasteiger partial charge in [0.2, 0.25) is 0 Å². The first-order chi connectivity index (χ1) is 6.03. The molecule has 3 aliphatic heterocycles. The van der Waals surface area contributed by atoms with Crippen molar-refractivity contribution in [2.75, 3.05) is 6.54 Å². The van der Waals surface area contributed by atoms with Crippen LogP contribution in [0.4, 0.5) is 0 Å².